The second kappa shape index (κ2) is 18.4. The van der Waals surface area contributed by atoms with Crippen LogP contribution in [-0.2, 0) is 10.8 Å². The maximum atomic E-state index is 17.3. The standard InChI is InChI=1S/C66H64F4N2Si2/c1-65(2,3)45-17-13-15-43(35-45)55-37-47(67)39-57(69)63(55)71(49-23-27-51(28-24-49)73(7,8)9)59-33-21-41-20-32-54-60(34-22-42-19-31-53(59)61(41)62(42)54)72(50-25-29-52(30-26-50)74(10,11)12)64-56(38-48(68)40-58(64)70)44-16-14-18-46(36-44)66(4,5)6/h13-40H,1-12H3. The van der Waals surface area contributed by atoms with E-state index in [2.05, 4.69) is 178 Å². The van der Waals surface area contributed by atoms with Crippen LogP contribution in [0.5, 0.6) is 0 Å². The van der Waals surface area contributed by atoms with E-state index < -0.39 is 39.4 Å². The van der Waals surface area contributed by atoms with Gasteiger partial charge in [0.2, 0.25) is 0 Å². The molecule has 0 aliphatic rings. The van der Waals surface area contributed by atoms with E-state index in [1.165, 1.54) is 22.5 Å². The first-order valence-corrected chi connectivity index (χ1v) is 32.6. The van der Waals surface area contributed by atoms with Crippen molar-refractivity contribution in [3.63, 3.8) is 0 Å². The average Bonchev–Trinajstić information content (AvgIpc) is 3.34. The molecule has 0 amide bonds. The fourth-order valence-corrected chi connectivity index (χ4v) is 12.8. The Morgan fingerprint density at radius 1 is 0.378 bits per heavy atom. The SMILES string of the molecule is CC(C)(C)c1cccc(-c2cc(F)cc(F)c2N(c2ccc([Si](C)(C)C)cc2)c2ccc3ccc4c(N(c5ccc([Si](C)(C)C)cc5)c5c(F)cc(F)cc5-c5cccc(C(C)(C)C)c5)ccc5ccc2c3c54)c1. The van der Waals surface area contributed by atoms with Crippen LogP contribution in [0, 0.1) is 23.3 Å². The fraction of sp³-hybridized carbons (Fsp3) is 0.212. The van der Waals surface area contributed by atoms with Gasteiger partial charge in [-0.2, -0.15) is 0 Å². The van der Waals surface area contributed by atoms with Crippen molar-refractivity contribution in [3.8, 4) is 22.3 Å². The molecule has 0 heterocycles. The third-order valence-corrected chi connectivity index (χ3v) is 18.8. The van der Waals surface area contributed by atoms with Crippen LogP contribution < -0.4 is 20.2 Å². The monoisotopic (exact) mass is 1020 g/mol. The van der Waals surface area contributed by atoms with Gasteiger partial charge in [0.1, 0.15) is 11.6 Å². The van der Waals surface area contributed by atoms with Crippen molar-refractivity contribution < 1.29 is 17.6 Å². The van der Waals surface area contributed by atoms with Crippen LogP contribution in [0.4, 0.5) is 51.7 Å². The van der Waals surface area contributed by atoms with Crippen molar-refractivity contribution in [2.24, 2.45) is 0 Å². The number of anilines is 6. The average molecular weight is 1020 g/mol. The molecule has 74 heavy (non-hydrogen) atoms. The van der Waals surface area contributed by atoms with E-state index in [4.69, 9.17) is 0 Å². The first-order valence-electron chi connectivity index (χ1n) is 25.6. The van der Waals surface area contributed by atoms with E-state index in [0.717, 1.165) is 67.0 Å². The van der Waals surface area contributed by atoms with Gasteiger partial charge < -0.3 is 9.80 Å². The number of hydrogen-bond donors (Lipinski definition) is 0. The molecule has 0 radical (unpaired) electrons. The molecule has 10 aromatic rings. The van der Waals surface area contributed by atoms with Gasteiger partial charge in [-0.1, -0.05) is 200 Å². The zero-order valence-corrected chi connectivity index (χ0v) is 46.6. The molecule has 10 rings (SSSR count). The summed E-state index contributed by atoms with van der Waals surface area (Å²) in [6, 6.07) is 54.2. The molecule has 0 saturated carbocycles. The summed E-state index contributed by atoms with van der Waals surface area (Å²) in [4.78, 5) is 3.90. The maximum absolute atomic E-state index is 17.3. The van der Waals surface area contributed by atoms with E-state index in [1.807, 2.05) is 58.3 Å². The molecule has 0 aliphatic heterocycles. The highest BCUT2D eigenvalue weighted by Crippen LogP contribution is 2.51. The minimum Gasteiger partial charge on any atom is -0.307 e. The fourth-order valence-electron chi connectivity index (χ4n) is 10.5. The van der Waals surface area contributed by atoms with Crippen molar-refractivity contribution in [1.29, 1.82) is 0 Å². The van der Waals surface area contributed by atoms with Crippen molar-refractivity contribution >= 4 is 93.0 Å². The molecule has 8 heteroatoms. The van der Waals surface area contributed by atoms with Crippen LogP contribution >= 0.6 is 0 Å². The Morgan fingerprint density at radius 2 is 0.730 bits per heavy atom. The van der Waals surface area contributed by atoms with Crippen LogP contribution in [0.25, 0.3) is 54.6 Å². The number of benzene rings is 10. The highest BCUT2D eigenvalue weighted by Gasteiger charge is 2.30. The maximum Gasteiger partial charge on any atom is 0.150 e. The molecule has 10 aromatic carbocycles. The van der Waals surface area contributed by atoms with Gasteiger partial charge in [-0.05, 0) is 103 Å². The summed E-state index contributed by atoms with van der Waals surface area (Å²) in [7, 11) is -3.49. The van der Waals surface area contributed by atoms with Crippen molar-refractivity contribution in [1.82, 2.24) is 0 Å². The van der Waals surface area contributed by atoms with Crippen LogP contribution in [0.2, 0.25) is 39.3 Å². The number of rotatable bonds is 10. The topological polar surface area (TPSA) is 6.48 Å². The number of nitrogens with zero attached hydrogens (tertiary/aromatic N) is 2. The van der Waals surface area contributed by atoms with Gasteiger partial charge in [-0.15, -0.1) is 0 Å². The zero-order valence-electron chi connectivity index (χ0n) is 44.6. The molecule has 0 aliphatic carbocycles. The Bertz CT molecular complexity index is 3510. The summed E-state index contributed by atoms with van der Waals surface area (Å²) in [5.41, 5.74) is 7.25. The lowest BCUT2D eigenvalue weighted by Gasteiger charge is -2.32. The Balaban J connectivity index is 1.27. The van der Waals surface area contributed by atoms with Crippen molar-refractivity contribution in [3.05, 3.63) is 204 Å². The quantitative estimate of drug-likeness (QED) is 0.0765. The predicted octanol–water partition coefficient (Wildman–Crippen LogP) is 19.1. The van der Waals surface area contributed by atoms with Crippen molar-refractivity contribution in [2.45, 2.75) is 91.7 Å². The first-order chi connectivity index (χ1) is 34.9. The van der Waals surface area contributed by atoms with Gasteiger partial charge in [0.25, 0.3) is 0 Å². The smallest absolute Gasteiger partial charge is 0.150 e. The predicted molar refractivity (Wildman–Crippen MR) is 314 cm³/mol. The Labute approximate surface area is 436 Å². The second-order valence-electron chi connectivity index (χ2n) is 24.1. The molecular weight excluding hydrogens is 953 g/mol. The summed E-state index contributed by atoms with van der Waals surface area (Å²) in [5, 5.41) is 8.01. The summed E-state index contributed by atoms with van der Waals surface area (Å²) in [5.74, 6) is -2.71. The molecule has 0 atom stereocenters. The van der Waals surface area contributed by atoms with E-state index in [9.17, 15) is 0 Å². The molecule has 0 aromatic heterocycles. The number of hydrogen-bond acceptors (Lipinski definition) is 2. The third-order valence-electron chi connectivity index (χ3n) is 14.7. The molecule has 2 nitrogen and oxygen atoms in total. The second-order valence-corrected chi connectivity index (χ2v) is 34.2. The van der Waals surface area contributed by atoms with E-state index >= 15 is 17.6 Å². The molecule has 0 saturated heterocycles. The largest absolute Gasteiger partial charge is 0.307 e. The van der Waals surface area contributed by atoms with Gasteiger partial charge >= 0.3 is 0 Å². The highest BCUT2D eigenvalue weighted by atomic mass is 28.3. The van der Waals surface area contributed by atoms with Crippen molar-refractivity contribution in [2.75, 3.05) is 9.80 Å². The zero-order chi connectivity index (χ0) is 52.8. The lowest BCUT2D eigenvalue weighted by molar-refractivity contribution is 0.584. The molecule has 374 valence electrons. The van der Waals surface area contributed by atoms with E-state index in [-0.39, 0.29) is 22.2 Å². The van der Waals surface area contributed by atoms with E-state index in [0.29, 0.717) is 33.6 Å². The molecule has 0 unspecified atom stereocenters. The van der Waals surface area contributed by atoms with Gasteiger partial charge in [-0.25, -0.2) is 17.6 Å². The van der Waals surface area contributed by atoms with Gasteiger partial charge in [0, 0.05) is 45.4 Å². The summed E-state index contributed by atoms with van der Waals surface area (Å²) >= 11 is 0. The van der Waals surface area contributed by atoms with E-state index in [1.54, 1.807) is 0 Å². The van der Waals surface area contributed by atoms with Gasteiger partial charge in [0.15, 0.2) is 11.6 Å². The third kappa shape index (κ3) is 9.32. The Hall–Kier alpha value is -7.01. The summed E-state index contributed by atoms with van der Waals surface area (Å²) < 4.78 is 66.2. The van der Waals surface area contributed by atoms with Crippen LogP contribution in [0.3, 0.4) is 0 Å². The minimum atomic E-state index is -1.75. The normalized spacial score (nSPS) is 12.6. The Morgan fingerprint density at radius 3 is 1.07 bits per heavy atom. The Kier molecular flexibility index (Phi) is 12.6. The molecule has 0 spiro atoms. The van der Waals surface area contributed by atoms with Crippen LogP contribution in [-0.4, -0.2) is 16.1 Å². The number of halogens is 4. The highest BCUT2D eigenvalue weighted by molar-refractivity contribution is 6.89. The lowest BCUT2D eigenvalue weighted by Crippen LogP contribution is -2.37. The van der Waals surface area contributed by atoms with Crippen LogP contribution in [0.1, 0.15) is 52.7 Å². The summed E-state index contributed by atoms with van der Waals surface area (Å²) in [6.45, 7) is 26.6. The van der Waals surface area contributed by atoms with Gasteiger partial charge in [0.05, 0.1) is 38.9 Å². The molecule has 0 N–H and O–H groups in total. The molecule has 0 bridgehead atoms. The van der Waals surface area contributed by atoms with Gasteiger partial charge in [-0.3, -0.25) is 0 Å². The minimum absolute atomic E-state index is 0.215. The molecule has 0 fully saturated rings. The van der Waals surface area contributed by atoms with Crippen LogP contribution in [0.15, 0.2) is 170 Å². The lowest BCUT2D eigenvalue weighted by atomic mass is 9.85. The first kappa shape index (κ1) is 50.5. The molecular formula is C66H64F4N2Si2. The summed E-state index contributed by atoms with van der Waals surface area (Å²) in [6.07, 6.45) is 0.